The van der Waals surface area contributed by atoms with Crippen LogP contribution in [0, 0.1) is 19.7 Å². The monoisotopic (exact) mass is 413 g/mol. The second kappa shape index (κ2) is 7.74. The van der Waals surface area contributed by atoms with Crippen LogP contribution in [0.4, 0.5) is 4.39 Å². The summed E-state index contributed by atoms with van der Waals surface area (Å²) in [4.78, 5) is 24.1. The Labute approximate surface area is 173 Å². The fraction of sp³-hybridized carbons (Fsp3) is 0.429. The van der Waals surface area contributed by atoms with Crippen molar-refractivity contribution in [1.82, 2.24) is 24.5 Å². The zero-order chi connectivity index (χ0) is 20.7. The van der Waals surface area contributed by atoms with Crippen LogP contribution in [0.2, 0.25) is 0 Å². The van der Waals surface area contributed by atoms with Crippen molar-refractivity contribution in [2.45, 2.75) is 57.3 Å². The highest BCUT2D eigenvalue weighted by Crippen LogP contribution is 2.36. The second-order valence-electron chi connectivity index (χ2n) is 7.48. The van der Waals surface area contributed by atoms with Gasteiger partial charge in [0.05, 0.1) is 12.5 Å². The van der Waals surface area contributed by atoms with E-state index in [0.717, 1.165) is 29.8 Å². The maximum absolute atomic E-state index is 14.3. The Kier molecular flexibility index (Phi) is 5.29. The van der Waals surface area contributed by atoms with Gasteiger partial charge in [-0.05, 0) is 45.9 Å². The number of benzene rings is 1. The summed E-state index contributed by atoms with van der Waals surface area (Å²) >= 11 is 1.46. The van der Waals surface area contributed by atoms with Crippen LogP contribution in [-0.4, -0.2) is 42.7 Å². The highest BCUT2D eigenvalue weighted by Gasteiger charge is 2.37. The van der Waals surface area contributed by atoms with Gasteiger partial charge in [-0.15, -0.1) is 5.10 Å². The first-order valence-electron chi connectivity index (χ1n) is 9.73. The van der Waals surface area contributed by atoms with E-state index in [-0.39, 0.29) is 30.2 Å². The van der Waals surface area contributed by atoms with Gasteiger partial charge in [-0.2, -0.15) is 4.98 Å². The summed E-state index contributed by atoms with van der Waals surface area (Å²) in [6.45, 7) is 5.73. The zero-order valence-corrected chi connectivity index (χ0v) is 17.8. The van der Waals surface area contributed by atoms with Crippen LogP contribution >= 0.6 is 11.8 Å². The molecule has 4 rings (SSSR count). The second-order valence-corrected chi connectivity index (χ2v) is 8.25. The molecular weight excluding hydrogens is 389 g/mol. The molecule has 6 nitrogen and oxygen atoms in total. The summed E-state index contributed by atoms with van der Waals surface area (Å²) in [7, 11) is 0. The molecule has 1 atom stereocenters. The molecular formula is C21H24FN5OS. The molecule has 0 bridgehead atoms. The number of halogens is 1. The average molecular weight is 414 g/mol. The van der Waals surface area contributed by atoms with Gasteiger partial charge in [-0.25, -0.2) is 13.9 Å². The Bertz CT molecular complexity index is 1080. The topological polar surface area (TPSA) is 63.4 Å². The highest BCUT2D eigenvalue weighted by molar-refractivity contribution is 7.98. The van der Waals surface area contributed by atoms with Crippen LogP contribution in [0.25, 0.3) is 5.78 Å². The summed E-state index contributed by atoms with van der Waals surface area (Å²) < 4.78 is 16.0. The Morgan fingerprint density at radius 2 is 2.03 bits per heavy atom. The average Bonchev–Trinajstić information content (AvgIpc) is 3.43. The molecule has 3 aromatic rings. The third-order valence-corrected chi connectivity index (χ3v) is 6.08. The van der Waals surface area contributed by atoms with E-state index in [0.29, 0.717) is 16.5 Å². The van der Waals surface area contributed by atoms with E-state index in [4.69, 9.17) is 0 Å². The number of hydrogen-bond acceptors (Lipinski definition) is 5. The molecule has 1 aliphatic rings. The quantitative estimate of drug-likeness (QED) is 0.574. The number of nitrogens with zero attached hydrogens (tertiary/aromatic N) is 5. The number of carbonyl (C=O) groups is 1. The lowest BCUT2D eigenvalue weighted by Gasteiger charge is -2.30. The van der Waals surface area contributed by atoms with Gasteiger partial charge in [-0.1, -0.05) is 30.0 Å². The van der Waals surface area contributed by atoms with Crippen molar-refractivity contribution >= 4 is 23.4 Å². The van der Waals surface area contributed by atoms with E-state index < -0.39 is 0 Å². The molecule has 0 unspecified atom stereocenters. The maximum Gasteiger partial charge on any atom is 0.253 e. The van der Waals surface area contributed by atoms with Crippen LogP contribution in [0.1, 0.15) is 48.3 Å². The summed E-state index contributed by atoms with van der Waals surface area (Å²) in [5.74, 6) is 0.251. The standard InChI is InChI=1S/C21H24FN5OS/c1-12-17(14(3)27-20(23-12)24-21(25-27)29-4)11-19(28)26(15-9-10-15)13(2)16-7-5-6-8-18(16)22/h5-8,13,15H,9-11H2,1-4H3/t13-/m0/s1. The first kappa shape index (κ1) is 19.8. The van der Waals surface area contributed by atoms with E-state index in [9.17, 15) is 9.18 Å². The Balaban J connectivity index is 1.66. The number of aromatic nitrogens is 4. The minimum Gasteiger partial charge on any atom is -0.333 e. The maximum atomic E-state index is 14.3. The normalized spacial score (nSPS) is 14.9. The Morgan fingerprint density at radius 1 is 1.31 bits per heavy atom. The number of aryl methyl sites for hydroxylation is 2. The summed E-state index contributed by atoms with van der Waals surface area (Å²) in [6.07, 6.45) is 4.04. The lowest BCUT2D eigenvalue weighted by Crippen LogP contribution is -2.37. The SMILES string of the molecule is CSc1nc2nc(C)c(CC(=O)N(C3CC3)[C@@H](C)c3ccccc3F)c(C)n2n1. The van der Waals surface area contributed by atoms with Crippen LogP contribution in [-0.2, 0) is 11.2 Å². The largest absolute Gasteiger partial charge is 0.333 e. The molecule has 2 heterocycles. The number of carbonyl (C=O) groups excluding carboxylic acids is 1. The highest BCUT2D eigenvalue weighted by atomic mass is 32.2. The predicted octanol–water partition coefficient (Wildman–Crippen LogP) is 3.90. The van der Waals surface area contributed by atoms with Crippen LogP contribution in [0.3, 0.4) is 0 Å². The Morgan fingerprint density at radius 3 is 2.69 bits per heavy atom. The minimum atomic E-state index is -0.317. The predicted molar refractivity (Wildman–Crippen MR) is 110 cm³/mol. The van der Waals surface area contributed by atoms with Crippen molar-refractivity contribution in [1.29, 1.82) is 0 Å². The molecule has 0 aliphatic heterocycles. The number of hydrogen-bond donors (Lipinski definition) is 0. The van der Waals surface area contributed by atoms with Crippen molar-refractivity contribution < 1.29 is 9.18 Å². The van der Waals surface area contributed by atoms with Gasteiger partial charge >= 0.3 is 0 Å². The van der Waals surface area contributed by atoms with E-state index >= 15 is 0 Å². The van der Waals surface area contributed by atoms with Gasteiger partial charge in [0, 0.05) is 28.6 Å². The van der Waals surface area contributed by atoms with Gasteiger partial charge < -0.3 is 4.90 Å². The molecule has 0 saturated heterocycles. The molecule has 1 aliphatic carbocycles. The van der Waals surface area contributed by atoms with Crippen LogP contribution in [0.15, 0.2) is 29.4 Å². The van der Waals surface area contributed by atoms with Crippen molar-refractivity contribution in [2.75, 3.05) is 6.26 Å². The number of amides is 1. The molecule has 0 radical (unpaired) electrons. The third kappa shape index (κ3) is 3.73. The fourth-order valence-electron chi connectivity index (χ4n) is 3.83. The molecule has 0 spiro atoms. The first-order chi connectivity index (χ1) is 13.9. The fourth-order valence-corrected chi connectivity index (χ4v) is 4.16. The van der Waals surface area contributed by atoms with Gasteiger partial charge in [0.25, 0.3) is 5.78 Å². The number of thioether (sulfide) groups is 1. The molecule has 29 heavy (non-hydrogen) atoms. The molecule has 152 valence electrons. The van der Waals surface area contributed by atoms with Gasteiger partial charge in [0.1, 0.15) is 5.82 Å². The van der Waals surface area contributed by atoms with Crippen molar-refractivity contribution in [3.63, 3.8) is 0 Å². The molecule has 1 fully saturated rings. The zero-order valence-electron chi connectivity index (χ0n) is 17.0. The molecule has 1 aromatic carbocycles. The van der Waals surface area contributed by atoms with Gasteiger partial charge in [0.2, 0.25) is 11.1 Å². The van der Waals surface area contributed by atoms with E-state index in [1.165, 1.54) is 17.8 Å². The van der Waals surface area contributed by atoms with E-state index in [1.807, 2.05) is 38.0 Å². The van der Waals surface area contributed by atoms with Crippen molar-refractivity contribution in [3.8, 4) is 0 Å². The van der Waals surface area contributed by atoms with Gasteiger partial charge in [0.15, 0.2) is 0 Å². The lowest BCUT2D eigenvalue weighted by atomic mass is 10.0. The van der Waals surface area contributed by atoms with Crippen molar-refractivity contribution in [2.24, 2.45) is 0 Å². The molecule has 8 heteroatoms. The van der Waals surface area contributed by atoms with Crippen LogP contribution < -0.4 is 0 Å². The molecule has 1 saturated carbocycles. The molecule has 0 N–H and O–H groups in total. The number of fused-ring (bicyclic) bond motifs is 1. The number of rotatable bonds is 6. The summed E-state index contributed by atoms with van der Waals surface area (Å²) in [5, 5.41) is 5.11. The minimum absolute atomic E-state index is 0.0131. The van der Waals surface area contributed by atoms with Crippen molar-refractivity contribution in [3.05, 3.63) is 52.6 Å². The van der Waals surface area contributed by atoms with Gasteiger partial charge in [-0.3, -0.25) is 4.79 Å². The molecule has 1 amide bonds. The lowest BCUT2D eigenvalue weighted by molar-refractivity contribution is -0.133. The summed E-state index contributed by atoms with van der Waals surface area (Å²) in [6, 6.07) is 6.54. The Hall–Kier alpha value is -2.48. The smallest absolute Gasteiger partial charge is 0.253 e. The van der Waals surface area contributed by atoms with E-state index in [2.05, 4.69) is 15.1 Å². The first-order valence-corrected chi connectivity index (χ1v) is 11.0. The molecule has 2 aromatic heterocycles. The summed E-state index contributed by atoms with van der Waals surface area (Å²) in [5.41, 5.74) is 3.04. The van der Waals surface area contributed by atoms with E-state index in [1.54, 1.807) is 16.6 Å². The third-order valence-electron chi connectivity index (χ3n) is 5.54. The van der Waals surface area contributed by atoms with Crippen LogP contribution in [0.5, 0.6) is 0 Å².